The SMILES string of the molecule is Cc1cnc(NC2CN(S(C)(=O)=O)C2)cc1C(=O)NC[C@H](O)CN1CCc2ccccc2C1. The average Bonchev–Trinajstić information content (AvgIpc) is 2.74. The molecule has 4 rings (SSSR count). The molecule has 178 valence electrons. The predicted octanol–water partition coefficient (Wildman–Crippen LogP) is 0.595. The summed E-state index contributed by atoms with van der Waals surface area (Å²) in [5.41, 5.74) is 3.86. The standard InChI is InChI=1S/C23H31N5O4S/c1-16-10-24-22(26-19-13-28(14-19)33(2,31)32)9-21(16)23(30)25-11-20(29)15-27-8-7-17-5-3-4-6-18(17)12-27/h3-6,9-10,19-20,29H,7-8,11-15H2,1-2H3,(H,24,26)(H,25,30)/t20-/m0/s1. The van der Waals surface area contributed by atoms with Crippen LogP contribution in [0.4, 0.5) is 5.82 Å². The van der Waals surface area contributed by atoms with E-state index in [4.69, 9.17) is 0 Å². The first-order chi connectivity index (χ1) is 15.7. The fourth-order valence-corrected chi connectivity index (χ4v) is 5.14. The van der Waals surface area contributed by atoms with Crippen molar-refractivity contribution in [2.45, 2.75) is 32.0 Å². The minimum atomic E-state index is -3.18. The summed E-state index contributed by atoms with van der Waals surface area (Å²) in [4.78, 5) is 19.3. The van der Waals surface area contributed by atoms with Crippen molar-refractivity contribution in [1.29, 1.82) is 0 Å². The summed E-state index contributed by atoms with van der Waals surface area (Å²) in [6.07, 6.45) is 3.10. The summed E-state index contributed by atoms with van der Waals surface area (Å²) < 4.78 is 24.4. The van der Waals surface area contributed by atoms with Crippen LogP contribution in [-0.4, -0.2) is 84.7 Å². The van der Waals surface area contributed by atoms with Crippen LogP contribution in [0.5, 0.6) is 0 Å². The number of anilines is 1. The number of nitrogens with zero attached hydrogens (tertiary/aromatic N) is 3. The minimum Gasteiger partial charge on any atom is -0.390 e. The Hall–Kier alpha value is -2.53. The van der Waals surface area contributed by atoms with E-state index in [1.807, 2.05) is 13.0 Å². The van der Waals surface area contributed by atoms with Crippen molar-refractivity contribution in [3.63, 3.8) is 0 Å². The molecule has 2 aliphatic heterocycles. The number of aromatic nitrogens is 1. The van der Waals surface area contributed by atoms with Crippen molar-refractivity contribution in [3.05, 3.63) is 58.8 Å². The number of aliphatic hydroxyl groups excluding tert-OH is 1. The average molecular weight is 474 g/mol. The molecule has 0 saturated carbocycles. The van der Waals surface area contributed by atoms with Crippen molar-refractivity contribution < 1.29 is 18.3 Å². The number of amides is 1. The second kappa shape index (κ2) is 9.76. The van der Waals surface area contributed by atoms with Crippen LogP contribution in [0.15, 0.2) is 36.5 Å². The van der Waals surface area contributed by atoms with Gasteiger partial charge in [0.15, 0.2) is 0 Å². The van der Waals surface area contributed by atoms with Gasteiger partial charge >= 0.3 is 0 Å². The lowest BCUT2D eigenvalue weighted by Gasteiger charge is -2.37. The van der Waals surface area contributed by atoms with Gasteiger partial charge < -0.3 is 15.7 Å². The van der Waals surface area contributed by atoms with Crippen LogP contribution in [0.1, 0.15) is 27.0 Å². The molecule has 0 radical (unpaired) electrons. The number of fused-ring (bicyclic) bond motifs is 1. The van der Waals surface area contributed by atoms with E-state index in [1.165, 1.54) is 21.7 Å². The van der Waals surface area contributed by atoms with Crippen molar-refractivity contribution >= 4 is 21.7 Å². The zero-order valence-electron chi connectivity index (χ0n) is 19.0. The summed E-state index contributed by atoms with van der Waals surface area (Å²) in [5, 5.41) is 16.5. The van der Waals surface area contributed by atoms with E-state index in [1.54, 1.807) is 12.3 Å². The number of rotatable bonds is 8. The Morgan fingerprint density at radius 2 is 2.00 bits per heavy atom. The number of aryl methyl sites for hydroxylation is 1. The van der Waals surface area contributed by atoms with E-state index in [9.17, 15) is 18.3 Å². The molecule has 1 aromatic carbocycles. The predicted molar refractivity (Wildman–Crippen MR) is 127 cm³/mol. The second-order valence-electron chi connectivity index (χ2n) is 8.92. The topological polar surface area (TPSA) is 115 Å². The van der Waals surface area contributed by atoms with Gasteiger partial charge in [0.05, 0.1) is 18.4 Å². The number of carbonyl (C=O) groups is 1. The lowest BCUT2D eigenvalue weighted by molar-refractivity contribution is 0.0841. The zero-order chi connectivity index (χ0) is 23.6. The summed E-state index contributed by atoms with van der Waals surface area (Å²) in [7, 11) is -3.18. The number of β-amino-alcohol motifs (C(OH)–C–C–N with tert-alkyl or cyclic N) is 1. The highest BCUT2D eigenvalue weighted by Gasteiger charge is 2.33. The number of sulfonamides is 1. The largest absolute Gasteiger partial charge is 0.390 e. The van der Waals surface area contributed by atoms with Crippen LogP contribution in [0.2, 0.25) is 0 Å². The van der Waals surface area contributed by atoms with E-state index in [-0.39, 0.29) is 18.5 Å². The first-order valence-electron chi connectivity index (χ1n) is 11.1. The summed E-state index contributed by atoms with van der Waals surface area (Å²) in [6, 6.07) is 9.99. The molecule has 0 aliphatic carbocycles. The Kier molecular flexibility index (Phi) is 6.99. The number of aliphatic hydroxyl groups is 1. The highest BCUT2D eigenvalue weighted by atomic mass is 32.2. The first kappa shape index (κ1) is 23.6. The molecular weight excluding hydrogens is 442 g/mol. The van der Waals surface area contributed by atoms with Gasteiger partial charge in [-0.05, 0) is 36.1 Å². The Balaban J connectivity index is 1.27. The van der Waals surface area contributed by atoms with E-state index in [0.717, 1.165) is 25.1 Å². The molecule has 2 aliphatic rings. The highest BCUT2D eigenvalue weighted by Crippen LogP contribution is 2.20. The van der Waals surface area contributed by atoms with Crippen LogP contribution < -0.4 is 10.6 Å². The van der Waals surface area contributed by atoms with Gasteiger partial charge in [-0.3, -0.25) is 9.69 Å². The Morgan fingerprint density at radius 1 is 1.27 bits per heavy atom. The normalized spacial score (nSPS) is 18.3. The minimum absolute atomic E-state index is 0.0395. The quantitative estimate of drug-likeness (QED) is 0.514. The molecule has 1 aromatic heterocycles. The third-order valence-electron chi connectivity index (χ3n) is 6.19. The molecule has 1 saturated heterocycles. The Bertz CT molecular complexity index is 1120. The second-order valence-corrected chi connectivity index (χ2v) is 10.9. The first-order valence-corrected chi connectivity index (χ1v) is 13.0. The molecule has 1 amide bonds. The van der Waals surface area contributed by atoms with Crippen LogP contribution in [-0.2, 0) is 23.0 Å². The van der Waals surface area contributed by atoms with Gasteiger partial charge in [-0.2, -0.15) is 4.31 Å². The fraction of sp³-hybridized carbons (Fsp3) is 0.478. The van der Waals surface area contributed by atoms with Crippen LogP contribution >= 0.6 is 0 Å². The molecule has 2 aromatic rings. The fourth-order valence-electron chi connectivity index (χ4n) is 4.23. The molecule has 9 nitrogen and oxygen atoms in total. The summed E-state index contributed by atoms with van der Waals surface area (Å²) in [5.74, 6) is 0.254. The maximum absolute atomic E-state index is 12.8. The third-order valence-corrected chi connectivity index (χ3v) is 7.43. The summed E-state index contributed by atoms with van der Waals surface area (Å²) >= 11 is 0. The third kappa shape index (κ3) is 5.89. The molecule has 0 bridgehead atoms. The van der Waals surface area contributed by atoms with E-state index in [0.29, 0.717) is 31.0 Å². The maximum Gasteiger partial charge on any atom is 0.251 e. The van der Waals surface area contributed by atoms with Crippen molar-refractivity contribution in [2.24, 2.45) is 0 Å². The van der Waals surface area contributed by atoms with Gasteiger partial charge in [0.25, 0.3) is 5.91 Å². The van der Waals surface area contributed by atoms with Crippen molar-refractivity contribution in [2.75, 3.05) is 44.3 Å². The van der Waals surface area contributed by atoms with Gasteiger partial charge in [0.1, 0.15) is 5.82 Å². The van der Waals surface area contributed by atoms with Crippen LogP contribution in [0.25, 0.3) is 0 Å². The molecule has 10 heteroatoms. The molecule has 33 heavy (non-hydrogen) atoms. The van der Waals surface area contributed by atoms with Gasteiger partial charge in [0, 0.05) is 51.0 Å². The molecule has 3 N–H and O–H groups in total. The van der Waals surface area contributed by atoms with Crippen LogP contribution in [0, 0.1) is 6.92 Å². The zero-order valence-corrected chi connectivity index (χ0v) is 19.8. The molecule has 1 fully saturated rings. The van der Waals surface area contributed by atoms with Gasteiger partial charge in [0.2, 0.25) is 10.0 Å². The molecule has 0 unspecified atom stereocenters. The monoisotopic (exact) mass is 473 g/mol. The Labute approximate surface area is 194 Å². The van der Waals surface area contributed by atoms with Crippen molar-refractivity contribution in [3.8, 4) is 0 Å². The number of hydrogen-bond acceptors (Lipinski definition) is 7. The van der Waals surface area contributed by atoms with Gasteiger partial charge in [-0.15, -0.1) is 0 Å². The maximum atomic E-state index is 12.8. The number of benzene rings is 1. The molecular formula is C23H31N5O4S. The smallest absolute Gasteiger partial charge is 0.251 e. The van der Waals surface area contributed by atoms with E-state index < -0.39 is 16.1 Å². The number of nitrogens with one attached hydrogen (secondary N) is 2. The Morgan fingerprint density at radius 3 is 2.73 bits per heavy atom. The van der Waals surface area contributed by atoms with Gasteiger partial charge in [-0.25, -0.2) is 13.4 Å². The summed E-state index contributed by atoms with van der Waals surface area (Å²) in [6.45, 7) is 4.91. The molecule has 3 heterocycles. The van der Waals surface area contributed by atoms with E-state index in [2.05, 4.69) is 38.7 Å². The molecule has 0 spiro atoms. The molecule has 1 atom stereocenters. The number of pyridine rings is 1. The van der Waals surface area contributed by atoms with Crippen molar-refractivity contribution in [1.82, 2.24) is 19.5 Å². The lowest BCUT2D eigenvalue weighted by atomic mass is 10.00. The number of carbonyl (C=O) groups excluding carboxylic acids is 1. The van der Waals surface area contributed by atoms with Crippen LogP contribution in [0.3, 0.4) is 0 Å². The highest BCUT2D eigenvalue weighted by molar-refractivity contribution is 7.88. The number of hydrogen-bond donors (Lipinski definition) is 3. The van der Waals surface area contributed by atoms with E-state index >= 15 is 0 Å². The lowest BCUT2D eigenvalue weighted by Crippen LogP contribution is -2.56. The van der Waals surface area contributed by atoms with Gasteiger partial charge in [-0.1, -0.05) is 24.3 Å².